The van der Waals surface area contributed by atoms with Gasteiger partial charge < -0.3 is 43.6 Å². The van der Waals surface area contributed by atoms with Crippen molar-refractivity contribution in [3.63, 3.8) is 0 Å². The van der Waals surface area contributed by atoms with E-state index in [0.29, 0.717) is 39.7 Å². The van der Waals surface area contributed by atoms with Crippen molar-refractivity contribution in [1.82, 2.24) is 15.2 Å². The highest BCUT2D eigenvalue weighted by Crippen LogP contribution is 2.64. The van der Waals surface area contributed by atoms with Gasteiger partial charge in [-0.25, -0.2) is 15.2 Å². The second kappa shape index (κ2) is 26.9. The summed E-state index contributed by atoms with van der Waals surface area (Å²) in [5.41, 5.74) is 17.3. The van der Waals surface area contributed by atoms with Crippen molar-refractivity contribution >= 4 is 51.8 Å². The number of carbonyl (C=O) groups excluding carboxylic acids is 3. The minimum Gasteiger partial charge on any atom is -0.456 e. The van der Waals surface area contributed by atoms with Crippen LogP contribution in [0.15, 0.2) is 158 Å². The number of aryl methyl sites for hydroxylation is 2. The van der Waals surface area contributed by atoms with Gasteiger partial charge in [-0.2, -0.15) is 0 Å². The molecule has 18 nitrogen and oxygen atoms in total. The monoisotopic (exact) mass is 1410 g/mol. The van der Waals surface area contributed by atoms with Gasteiger partial charge in [0, 0.05) is 217 Å². The maximum absolute atomic E-state index is 13.7. The molecule has 10 heterocycles. The molecule has 10 aliphatic rings. The number of hydrogen-bond donors (Lipinski definition) is 3. The molecule has 18 heteroatoms. The third kappa shape index (κ3) is 10.1. The van der Waals surface area contributed by atoms with Crippen LogP contribution in [0.2, 0.25) is 0 Å². The van der Waals surface area contributed by atoms with Crippen LogP contribution in [-0.2, 0) is 42.3 Å². The molecule has 19 rings (SSSR count). The van der Waals surface area contributed by atoms with Crippen molar-refractivity contribution in [3.05, 3.63) is 247 Å². The predicted molar refractivity (Wildman–Crippen MR) is 415 cm³/mol. The van der Waals surface area contributed by atoms with E-state index in [1.54, 1.807) is 12.1 Å². The highest BCUT2D eigenvalue weighted by molar-refractivity contribution is 6.04. The number of amides is 3. The SMILES string of the molecule is C.C.C.CCN(CC)c1ccc2c(c1)Oc1cc(N(CC)CC)ccc1C21c2ccccc2C(=O)N1O.CN(C)c1ccc2c(c1)Oc1cc(N(C)C)ccc1C21c2ccccc2C(=O)N1O.O=C1c2ccccc2C2(c3cc4c5c(c3Oc3c2cc2c6c3CCCN6CCC2)CCCN5CCC4)N1O. The van der Waals surface area contributed by atoms with Gasteiger partial charge >= 0.3 is 0 Å². The van der Waals surface area contributed by atoms with Gasteiger partial charge in [0.05, 0.1) is 0 Å². The zero-order valence-corrected chi connectivity index (χ0v) is 59.1. The average molecular weight is 1410 g/mol. The number of carbonyl (C=O) groups is 3. The summed E-state index contributed by atoms with van der Waals surface area (Å²) in [6, 6.07) is 51.0. The molecule has 0 radical (unpaired) electrons. The molecule has 0 fully saturated rings. The fourth-order valence-corrected chi connectivity index (χ4v) is 18.6. The van der Waals surface area contributed by atoms with Crippen molar-refractivity contribution in [3.8, 4) is 34.5 Å². The van der Waals surface area contributed by atoms with Gasteiger partial charge in [-0.15, -0.1) is 0 Å². The lowest BCUT2D eigenvalue weighted by Crippen LogP contribution is -2.47. The van der Waals surface area contributed by atoms with E-state index in [4.69, 9.17) is 14.2 Å². The predicted octanol–water partition coefficient (Wildman–Crippen LogP) is 16.9. The van der Waals surface area contributed by atoms with Gasteiger partial charge in [0.15, 0.2) is 16.6 Å². The lowest BCUT2D eigenvalue weighted by molar-refractivity contribution is -0.102. The van der Waals surface area contributed by atoms with Crippen LogP contribution in [0.25, 0.3) is 0 Å². The first-order valence-corrected chi connectivity index (χ1v) is 36.3. The topological polar surface area (TPSA) is 169 Å². The molecule has 105 heavy (non-hydrogen) atoms. The Morgan fingerprint density at radius 3 is 0.981 bits per heavy atom. The largest absolute Gasteiger partial charge is 0.456 e. The summed E-state index contributed by atoms with van der Waals surface area (Å²) in [5, 5.41) is 37.5. The Bertz CT molecular complexity index is 4780. The minimum absolute atomic E-state index is 0. The first kappa shape index (κ1) is 71.5. The van der Waals surface area contributed by atoms with Crippen molar-refractivity contribution in [2.24, 2.45) is 0 Å². The van der Waals surface area contributed by atoms with Crippen LogP contribution in [-0.4, -0.2) is 129 Å². The summed E-state index contributed by atoms with van der Waals surface area (Å²) in [6.07, 6.45) is 8.39. The van der Waals surface area contributed by atoms with Gasteiger partial charge in [-0.05, 0) is 145 Å². The Labute approximate surface area is 617 Å². The van der Waals surface area contributed by atoms with E-state index in [1.807, 2.05) is 171 Å². The summed E-state index contributed by atoms with van der Waals surface area (Å²) in [7, 11) is 7.85. The van der Waals surface area contributed by atoms with Crippen LogP contribution in [0.1, 0.15) is 179 Å². The van der Waals surface area contributed by atoms with E-state index in [2.05, 4.69) is 59.4 Å². The maximum atomic E-state index is 13.7. The average Bonchev–Trinajstić information content (AvgIpc) is 1.64. The first-order valence-electron chi connectivity index (χ1n) is 36.3. The molecule has 0 saturated heterocycles. The van der Waals surface area contributed by atoms with Crippen LogP contribution in [0.4, 0.5) is 34.1 Å². The Morgan fingerprint density at radius 1 is 0.362 bits per heavy atom. The quantitative estimate of drug-likeness (QED) is 0.123. The first-order chi connectivity index (χ1) is 49.5. The van der Waals surface area contributed by atoms with Crippen LogP contribution >= 0.6 is 0 Å². The Hall–Kier alpha value is -10.5. The molecule has 3 spiro atoms. The van der Waals surface area contributed by atoms with E-state index in [9.17, 15) is 30.0 Å². The molecule has 0 aliphatic carbocycles. The smallest absolute Gasteiger partial charge is 0.279 e. The van der Waals surface area contributed by atoms with Gasteiger partial charge in [-0.3, -0.25) is 30.0 Å². The standard InChI is InChI=1S/C32H31N3O3.C28H31N3O3.C24H23N3O3.3CH4/c36-31-21-9-1-2-12-24(21)32(35(31)37)25-17-19-7-3-13-33-15-5-10-22(27(19)33)29(25)38-30-23-11-6-16-34-14-4-8-20(28(23)34)18-26(30)32;1-5-29(6-2)19-13-15-23-25(17-19)34-26-18-20(30(7-3)8-4)14-16-24(26)28(23)22-12-10-9-11-21(22)27(32)31(28)33;1-25(2)15-9-11-19-21(13-15)30-22-14-16(26(3)4)10-12-20(22)24(19)18-8-6-5-7-17(18)23(28)27(24)29;;;/h1-2,9,12,17-18,37H,3-8,10-11,13-16H2;9-18,33H,5-8H2,1-4H3;5-14,29H,1-4H3;3*1H4. The molecule has 0 aromatic heterocycles. The number of rotatable bonds is 8. The molecular weight excluding hydrogens is 1320 g/mol. The number of benzene rings is 9. The normalized spacial score (nSPS) is 17.0. The molecule has 544 valence electrons. The van der Waals surface area contributed by atoms with Gasteiger partial charge in [0.25, 0.3) is 17.7 Å². The molecule has 0 saturated carbocycles. The molecule has 3 N–H and O–H groups in total. The number of hydrogen-bond acceptors (Lipinski definition) is 15. The summed E-state index contributed by atoms with van der Waals surface area (Å²) in [5.74, 6) is 3.12. The second-order valence-electron chi connectivity index (χ2n) is 28.6. The number of fused-ring (bicyclic) bond motifs is 20. The van der Waals surface area contributed by atoms with Gasteiger partial charge in [-0.1, -0.05) is 101 Å². The fourth-order valence-electron chi connectivity index (χ4n) is 18.6. The summed E-state index contributed by atoms with van der Waals surface area (Å²) < 4.78 is 20.0. The minimum atomic E-state index is -1.17. The van der Waals surface area contributed by atoms with E-state index in [0.717, 1.165) is 203 Å². The molecule has 9 aromatic rings. The van der Waals surface area contributed by atoms with E-state index in [1.165, 1.54) is 33.6 Å². The lowest BCUT2D eigenvalue weighted by Gasteiger charge is -2.47. The molecule has 0 bridgehead atoms. The van der Waals surface area contributed by atoms with Crippen LogP contribution < -0.4 is 43.6 Å². The Kier molecular flexibility index (Phi) is 18.3. The second-order valence-corrected chi connectivity index (χ2v) is 28.6. The van der Waals surface area contributed by atoms with Crippen molar-refractivity contribution in [1.29, 1.82) is 0 Å². The van der Waals surface area contributed by atoms with Crippen LogP contribution in [0.3, 0.4) is 0 Å². The summed E-state index contributed by atoms with van der Waals surface area (Å²) in [6.45, 7) is 16.3. The van der Waals surface area contributed by atoms with E-state index in [-0.39, 0.29) is 28.2 Å². The number of ether oxygens (including phenoxy) is 3. The van der Waals surface area contributed by atoms with Gasteiger partial charge in [0.1, 0.15) is 34.5 Å². The maximum Gasteiger partial charge on any atom is 0.279 e. The summed E-state index contributed by atoms with van der Waals surface area (Å²) >= 11 is 0. The highest BCUT2D eigenvalue weighted by Gasteiger charge is 2.61. The molecule has 0 unspecified atom stereocenters. The molecular formula is C87H97N9O9. The Balaban J connectivity index is 0.000000132. The zero-order chi connectivity index (χ0) is 70.4. The van der Waals surface area contributed by atoms with Gasteiger partial charge in [0.2, 0.25) is 0 Å². The van der Waals surface area contributed by atoms with Crippen molar-refractivity contribution in [2.45, 2.75) is 118 Å². The molecule has 10 aliphatic heterocycles. The van der Waals surface area contributed by atoms with Crippen LogP contribution in [0, 0.1) is 0 Å². The lowest BCUT2D eigenvalue weighted by atomic mass is 9.71. The summed E-state index contributed by atoms with van der Waals surface area (Å²) in [4.78, 5) is 53.6. The zero-order valence-electron chi connectivity index (χ0n) is 59.1. The molecule has 3 amide bonds. The Morgan fingerprint density at radius 2 is 0.657 bits per heavy atom. The molecule has 0 atom stereocenters. The highest BCUT2D eigenvalue weighted by atomic mass is 16.5. The van der Waals surface area contributed by atoms with E-state index >= 15 is 0 Å². The molecule has 9 aromatic carbocycles. The van der Waals surface area contributed by atoms with Crippen LogP contribution in [0.5, 0.6) is 34.5 Å². The third-order valence-corrected chi connectivity index (χ3v) is 23.3. The number of anilines is 6. The third-order valence-electron chi connectivity index (χ3n) is 23.3. The number of hydroxylamine groups is 6. The fraction of sp³-hybridized carbons (Fsp3) is 0.345. The van der Waals surface area contributed by atoms with Crippen molar-refractivity contribution < 1.29 is 44.2 Å². The number of nitrogens with zero attached hydrogens (tertiary/aromatic N) is 9. The van der Waals surface area contributed by atoms with Crippen molar-refractivity contribution in [2.75, 3.05) is 110 Å². The van der Waals surface area contributed by atoms with E-state index < -0.39 is 28.4 Å².